The number of piperazine rings is 1. The average molecular weight is 447 g/mol. The molecule has 0 spiro atoms. The van der Waals surface area contributed by atoms with Crippen molar-refractivity contribution in [1.82, 2.24) is 19.4 Å². The number of nitrogens with zero attached hydrogens (tertiary/aromatic N) is 4. The number of carbonyl (C=O) groups excluding carboxylic acids is 2. The quantitative estimate of drug-likeness (QED) is 0.785. The van der Waals surface area contributed by atoms with E-state index < -0.39 is 11.4 Å². The first-order chi connectivity index (χ1) is 14.9. The molecule has 2 fully saturated rings. The van der Waals surface area contributed by atoms with E-state index in [4.69, 9.17) is 11.6 Å². The number of aromatic nitrogens is 2. The number of carbonyl (C=O) groups is 2. The number of fused-ring (bicyclic) bond motifs is 1. The molecule has 9 heteroatoms. The lowest BCUT2D eigenvalue weighted by atomic mass is 10.1. The molecule has 5 rings (SSSR count). The summed E-state index contributed by atoms with van der Waals surface area (Å²) >= 11 is 6.46. The summed E-state index contributed by atoms with van der Waals surface area (Å²) in [5.41, 5.74) is -0.239. The maximum Gasteiger partial charge on any atom is 0.254 e. The van der Waals surface area contributed by atoms with Gasteiger partial charge in [0, 0.05) is 50.3 Å². The van der Waals surface area contributed by atoms with Crippen molar-refractivity contribution >= 4 is 23.4 Å². The Hall–Kier alpha value is -2.45. The van der Waals surface area contributed by atoms with Gasteiger partial charge in [0.1, 0.15) is 28.1 Å². The first kappa shape index (κ1) is 20.5. The second-order valence-corrected chi connectivity index (χ2v) is 8.94. The summed E-state index contributed by atoms with van der Waals surface area (Å²) in [5.74, 6) is -0.199. The molecule has 1 aromatic carbocycles. The fourth-order valence-electron chi connectivity index (χ4n) is 4.38. The summed E-state index contributed by atoms with van der Waals surface area (Å²) in [4.78, 5) is 32.9. The van der Waals surface area contributed by atoms with Gasteiger partial charge in [0.2, 0.25) is 0 Å². The predicted octanol–water partition coefficient (Wildman–Crippen LogP) is 2.49. The van der Waals surface area contributed by atoms with Crippen LogP contribution < -0.4 is 0 Å². The molecule has 7 nitrogen and oxygen atoms in total. The van der Waals surface area contributed by atoms with Crippen LogP contribution in [0, 0.1) is 5.82 Å². The smallest absolute Gasteiger partial charge is 0.254 e. The van der Waals surface area contributed by atoms with Crippen molar-refractivity contribution < 1.29 is 19.1 Å². The zero-order valence-electron chi connectivity index (χ0n) is 17.1. The highest BCUT2D eigenvalue weighted by Gasteiger charge is 2.50. The zero-order valence-corrected chi connectivity index (χ0v) is 17.9. The molecule has 2 amide bonds. The van der Waals surface area contributed by atoms with Gasteiger partial charge >= 0.3 is 0 Å². The minimum absolute atomic E-state index is 0.252. The molecule has 1 aliphatic carbocycles. The van der Waals surface area contributed by atoms with Crippen molar-refractivity contribution in [2.75, 3.05) is 26.2 Å². The van der Waals surface area contributed by atoms with Crippen LogP contribution in [0.15, 0.2) is 18.2 Å². The van der Waals surface area contributed by atoms with Gasteiger partial charge in [0.15, 0.2) is 0 Å². The van der Waals surface area contributed by atoms with Crippen molar-refractivity contribution in [2.45, 2.75) is 44.2 Å². The Kier molecular flexibility index (Phi) is 5.01. The van der Waals surface area contributed by atoms with Crippen LogP contribution in [0.4, 0.5) is 4.39 Å². The summed E-state index contributed by atoms with van der Waals surface area (Å²) in [7, 11) is 0. The topological polar surface area (TPSA) is 78.7 Å². The Labute approximate surface area is 184 Å². The minimum Gasteiger partial charge on any atom is -0.380 e. The second kappa shape index (κ2) is 7.60. The molecule has 2 aromatic rings. The lowest BCUT2D eigenvalue weighted by Gasteiger charge is -2.35. The lowest BCUT2D eigenvalue weighted by Crippen LogP contribution is -2.53. The van der Waals surface area contributed by atoms with Crippen LogP contribution in [0.5, 0.6) is 0 Å². The average Bonchev–Trinajstić information content (AvgIpc) is 3.46. The van der Waals surface area contributed by atoms with E-state index >= 15 is 0 Å². The molecule has 1 N–H and O–H groups in total. The largest absolute Gasteiger partial charge is 0.380 e. The maximum absolute atomic E-state index is 15.0. The highest BCUT2D eigenvalue weighted by atomic mass is 35.5. The Morgan fingerprint density at radius 3 is 2.42 bits per heavy atom. The van der Waals surface area contributed by atoms with Crippen molar-refractivity contribution in [2.24, 2.45) is 0 Å². The molecule has 0 unspecified atom stereocenters. The van der Waals surface area contributed by atoms with E-state index in [-0.39, 0.29) is 22.9 Å². The number of hydrogen-bond acceptors (Lipinski definition) is 4. The monoisotopic (exact) mass is 446 g/mol. The predicted molar refractivity (Wildman–Crippen MR) is 112 cm³/mol. The van der Waals surface area contributed by atoms with E-state index in [1.165, 1.54) is 6.07 Å². The number of amides is 2. The molecular formula is C22H24ClFN4O3. The van der Waals surface area contributed by atoms with Gasteiger partial charge in [-0.2, -0.15) is 0 Å². The van der Waals surface area contributed by atoms with Crippen LogP contribution in [-0.2, 0) is 17.8 Å². The Balaban J connectivity index is 1.30. The second-order valence-electron chi connectivity index (χ2n) is 8.59. The van der Waals surface area contributed by atoms with E-state index in [1.807, 2.05) is 4.57 Å². The first-order valence-corrected chi connectivity index (χ1v) is 11.1. The van der Waals surface area contributed by atoms with Crippen molar-refractivity contribution in [1.29, 1.82) is 0 Å². The normalized spacial score (nSPS) is 19.8. The Morgan fingerprint density at radius 2 is 1.77 bits per heavy atom. The van der Waals surface area contributed by atoms with Crippen molar-refractivity contribution in [3.63, 3.8) is 0 Å². The van der Waals surface area contributed by atoms with Crippen molar-refractivity contribution in [3.8, 4) is 11.3 Å². The molecule has 3 aliphatic rings. The fourth-order valence-corrected chi connectivity index (χ4v) is 4.71. The number of aliphatic hydroxyl groups is 1. The molecular weight excluding hydrogens is 423 g/mol. The van der Waals surface area contributed by atoms with E-state index in [9.17, 15) is 19.1 Å². The highest BCUT2D eigenvalue weighted by Crippen LogP contribution is 2.37. The number of hydrogen-bond donors (Lipinski definition) is 1. The molecule has 1 saturated carbocycles. The molecule has 164 valence electrons. The molecule has 1 aromatic heterocycles. The van der Waals surface area contributed by atoms with E-state index in [0.29, 0.717) is 49.9 Å². The van der Waals surface area contributed by atoms with Crippen LogP contribution >= 0.6 is 11.6 Å². The van der Waals surface area contributed by atoms with Gasteiger partial charge in [0.05, 0.1) is 0 Å². The van der Waals surface area contributed by atoms with Crippen molar-refractivity contribution in [3.05, 3.63) is 40.6 Å². The lowest BCUT2D eigenvalue weighted by molar-refractivity contribution is -0.143. The van der Waals surface area contributed by atoms with Gasteiger partial charge in [-0.15, -0.1) is 0 Å². The molecule has 0 atom stereocenters. The summed E-state index contributed by atoms with van der Waals surface area (Å²) < 4.78 is 16.9. The number of imidazole rings is 1. The van der Waals surface area contributed by atoms with Gasteiger partial charge in [-0.25, -0.2) is 9.37 Å². The molecule has 0 radical (unpaired) electrons. The van der Waals surface area contributed by atoms with Crippen LogP contribution in [0.1, 0.15) is 41.9 Å². The molecule has 3 heterocycles. The maximum atomic E-state index is 15.0. The Bertz CT molecular complexity index is 1060. The highest BCUT2D eigenvalue weighted by molar-refractivity contribution is 6.32. The van der Waals surface area contributed by atoms with E-state index in [2.05, 4.69) is 4.98 Å². The van der Waals surface area contributed by atoms with E-state index in [0.717, 1.165) is 31.6 Å². The third kappa shape index (κ3) is 3.61. The van der Waals surface area contributed by atoms with Crippen LogP contribution in [0.25, 0.3) is 11.3 Å². The summed E-state index contributed by atoms with van der Waals surface area (Å²) in [6.45, 7) is 2.21. The summed E-state index contributed by atoms with van der Waals surface area (Å²) in [6.07, 6.45) is 3.89. The number of aryl methyl sites for hydroxylation is 1. The first-order valence-electron chi connectivity index (χ1n) is 10.7. The molecule has 1 saturated heterocycles. The zero-order chi connectivity index (χ0) is 21.8. The molecule has 31 heavy (non-hydrogen) atoms. The third-order valence-electron chi connectivity index (χ3n) is 6.46. The Morgan fingerprint density at radius 1 is 1.06 bits per heavy atom. The summed E-state index contributed by atoms with van der Waals surface area (Å²) in [5, 5.41) is 10.4. The van der Waals surface area contributed by atoms with Gasteiger partial charge in [-0.1, -0.05) is 11.6 Å². The van der Waals surface area contributed by atoms with Gasteiger partial charge in [-0.3, -0.25) is 9.59 Å². The van der Waals surface area contributed by atoms with E-state index in [1.54, 1.807) is 21.9 Å². The standard InChI is InChI=1S/C22H24ClFN4O3/c23-19-18(25-17-3-1-2-8-28(17)19)15-5-4-14(13-16(15)24)20(29)26-9-11-27(12-10-26)21(30)22(31)6-7-22/h4-5,13,31H,1-3,6-12H2. The molecule has 2 aliphatic heterocycles. The number of halogens is 2. The molecule has 0 bridgehead atoms. The van der Waals surface area contributed by atoms with Crippen LogP contribution in [-0.4, -0.2) is 68.1 Å². The van der Waals surface area contributed by atoms with Gasteiger partial charge < -0.3 is 19.5 Å². The third-order valence-corrected chi connectivity index (χ3v) is 6.85. The van der Waals surface area contributed by atoms with Gasteiger partial charge in [0.25, 0.3) is 11.8 Å². The van der Waals surface area contributed by atoms with Crippen LogP contribution in [0.2, 0.25) is 5.15 Å². The minimum atomic E-state index is -1.20. The number of benzene rings is 1. The van der Waals surface area contributed by atoms with Crippen LogP contribution in [0.3, 0.4) is 0 Å². The SMILES string of the molecule is O=C(c1ccc(-c2nc3n(c2Cl)CCCC3)c(F)c1)N1CCN(C(=O)C2(O)CC2)CC1. The fraction of sp³-hybridized carbons (Fsp3) is 0.500. The number of rotatable bonds is 3. The van der Waals surface area contributed by atoms with Gasteiger partial charge in [-0.05, 0) is 43.9 Å². The summed E-state index contributed by atoms with van der Waals surface area (Å²) in [6, 6.07) is 4.39.